The van der Waals surface area contributed by atoms with E-state index in [0.717, 1.165) is 17.0 Å². The molecule has 0 spiro atoms. The largest absolute Gasteiger partial charge is 0.466 e. The minimum absolute atomic E-state index is 0.205. The van der Waals surface area contributed by atoms with Gasteiger partial charge in [0.25, 0.3) is 5.91 Å². The number of imide groups is 1. The van der Waals surface area contributed by atoms with Gasteiger partial charge in [-0.2, -0.15) is 0 Å². The molecule has 0 radical (unpaired) electrons. The van der Waals surface area contributed by atoms with E-state index >= 15 is 0 Å². The van der Waals surface area contributed by atoms with E-state index in [1.165, 1.54) is 19.3 Å². The van der Waals surface area contributed by atoms with E-state index in [-0.39, 0.29) is 11.3 Å². The molecule has 126 valence electrons. The molecule has 0 bridgehead atoms. The highest BCUT2D eigenvalue weighted by Crippen LogP contribution is 2.30. The van der Waals surface area contributed by atoms with Crippen LogP contribution in [0.3, 0.4) is 0 Å². The van der Waals surface area contributed by atoms with E-state index in [4.69, 9.17) is 4.42 Å². The van der Waals surface area contributed by atoms with Crippen LogP contribution in [0, 0.1) is 11.6 Å². The van der Waals surface area contributed by atoms with Gasteiger partial charge in [0.05, 0.1) is 18.9 Å². The van der Waals surface area contributed by atoms with E-state index in [2.05, 4.69) is 5.32 Å². The summed E-state index contributed by atoms with van der Waals surface area (Å²) in [5, 5.41) is 12.6. The van der Waals surface area contributed by atoms with Gasteiger partial charge in [-0.05, 0) is 25.1 Å². The molecule has 1 aliphatic heterocycles. The third-order valence-corrected chi connectivity index (χ3v) is 3.97. The van der Waals surface area contributed by atoms with Crippen LogP contribution in [0.1, 0.15) is 24.4 Å². The van der Waals surface area contributed by atoms with Gasteiger partial charge in [-0.15, -0.1) is 0 Å². The zero-order valence-corrected chi connectivity index (χ0v) is 12.6. The number of rotatable bonds is 4. The third-order valence-electron chi connectivity index (χ3n) is 3.97. The smallest absolute Gasteiger partial charge is 0.325 e. The monoisotopic (exact) mass is 336 g/mol. The molecular weight excluding hydrogens is 322 g/mol. The summed E-state index contributed by atoms with van der Waals surface area (Å²) >= 11 is 0. The van der Waals surface area contributed by atoms with Crippen molar-refractivity contribution < 1.29 is 27.9 Å². The van der Waals surface area contributed by atoms with Gasteiger partial charge >= 0.3 is 6.03 Å². The lowest BCUT2D eigenvalue weighted by Crippen LogP contribution is -2.41. The molecule has 1 aromatic heterocycles. The fourth-order valence-corrected chi connectivity index (χ4v) is 2.64. The molecule has 1 aliphatic rings. The van der Waals surface area contributed by atoms with Crippen LogP contribution in [0.5, 0.6) is 0 Å². The molecule has 0 saturated carbocycles. The van der Waals surface area contributed by atoms with Crippen LogP contribution >= 0.6 is 0 Å². The van der Waals surface area contributed by atoms with Crippen molar-refractivity contribution in [3.05, 3.63) is 59.6 Å². The lowest BCUT2D eigenvalue weighted by Gasteiger charge is -2.21. The Bertz CT molecular complexity index is 793. The van der Waals surface area contributed by atoms with Gasteiger partial charge in [-0.3, -0.25) is 9.69 Å². The zero-order chi connectivity index (χ0) is 17.5. The summed E-state index contributed by atoms with van der Waals surface area (Å²) in [6, 6.07) is 5.06. The molecule has 1 fully saturated rings. The topological polar surface area (TPSA) is 82.8 Å². The van der Waals surface area contributed by atoms with Crippen molar-refractivity contribution in [2.75, 3.05) is 6.54 Å². The molecule has 6 nitrogen and oxygen atoms in total. The van der Waals surface area contributed by atoms with Crippen LogP contribution in [0.4, 0.5) is 13.6 Å². The number of nitrogens with one attached hydrogen (secondary N) is 1. The number of halogens is 2. The number of furan rings is 1. The summed E-state index contributed by atoms with van der Waals surface area (Å²) < 4.78 is 31.8. The van der Waals surface area contributed by atoms with Crippen LogP contribution in [0.2, 0.25) is 0 Å². The highest BCUT2D eigenvalue weighted by Gasteiger charge is 2.51. The number of aliphatic hydroxyl groups is 1. The first-order valence-corrected chi connectivity index (χ1v) is 7.14. The van der Waals surface area contributed by atoms with Crippen molar-refractivity contribution in [2.24, 2.45) is 0 Å². The zero-order valence-electron chi connectivity index (χ0n) is 12.6. The Morgan fingerprint density at radius 1 is 1.33 bits per heavy atom. The maximum Gasteiger partial charge on any atom is 0.325 e. The Hall–Kier alpha value is -2.74. The van der Waals surface area contributed by atoms with Crippen molar-refractivity contribution in [1.82, 2.24) is 10.2 Å². The summed E-state index contributed by atoms with van der Waals surface area (Å²) in [7, 11) is 0. The molecule has 1 aromatic carbocycles. The van der Waals surface area contributed by atoms with Crippen LogP contribution in [0.25, 0.3) is 0 Å². The van der Waals surface area contributed by atoms with E-state index in [1.807, 2.05) is 0 Å². The molecule has 2 heterocycles. The summed E-state index contributed by atoms with van der Waals surface area (Å²) in [5.74, 6) is -2.14. The molecule has 8 heteroatoms. The number of nitrogens with zero attached hydrogens (tertiary/aromatic N) is 1. The normalized spacial score (nSPS) is 21.9. The Morgan fingerprint density at radius 3 is 2.71 bits per heavy atom. The molecule has 0 aliphatic carbocycles. The lowest BCUT2D eigenvalue weighted by atomic mass is 9.99. The molecule has 1 saturated heterocycles. The van der Waals surface area contributed by atoms with E-state index in [1.54, 1.807) is 6.07 Å². The quantitative estimate of drug-likeness (QED) is 0.837. The first-order valence-electron chi connectivity index (χ1n) is 7.14. The van der Waals surface area contributed by atoms with E-state index in [0.29, 0.717) is 6.07 Å². The van der Waals surface area contributed by atoms with E-state index < -0.39 is 41.8 Å². The molecular formula is C16H14F2N2O4. The van der Waals surface area contributed by atoms with Crippen molar-refractivity contribution in [3.8, 4) is 0 Å². The fraction of sp³-hybridized carbons (Fsp3) is 0.250. The Balaban J connectivity index is 1.82. The van der Waals surface area contributed by atoms with E-state index in [9.17, 15) is 23.5 Å². The molecule has 2 N–H and O–H groups in total. The second-order valence-corrected chi connectivity index (χ2v) is 5.63. The number of β-amino-alcohol motifs (C(OH)–C–C–N with tert-alkyl or cyclic N) is 1. The highest BCUT2D eigenvalue weighted by molar-refractivity contribution is 6.06. The molecule has 0 unspecified atom stereocenters. The first kappa shape index (κ1) is 16.1. The number of carbonyl (C=O) groups is 2. The van der Waals surface area contributed by atoms with Gasteiger partial charge in [0, 0.05) is 11.6 Å². The summed E-state index contributed by atoms with van der Waals surface area (Å²) in [4.78, 5) is 25.4. The van der Waals surface area contributed by atoms with Crippen LogP contribution in [-0.2, 0) is 10.3 Å². The summed E-state index contributed by atoms with van der Waals surface area (Å²) in [5.41, 5.74) is -1.61. The minimum Gasteiger partial charge on any atom is -0.466 e. The van der Waals surface area contributed by atoms with Crippen molar-refractivity contribution >= 4 is 11.9 Å². The number of amides is 3. The van der Waals surface area contributed by atoms with Crippen molar-refractivity contribution in [1.29, 1.82) is 0 Å². The Morgan fingerprint density at radius 2 is 2.08 bits per heavy atom. The summed E-state index contributed by atoms with van der Waals surface area (Å²) in [6.45, 7) is 1.00. The van der Waals surface area contributed by atoms with Gasteiger partial charge in [-0.1, -0.05) is 6.07 Å². The number of carbonyl (C=O) groups excluding carboxylic acids is 2. The van der Waals surface area contributed by atoms with Gasteiger partial charge in [0.15, 0.2) is 5.54 Å². The predicted octanol–water partition coefficient (Wildman–Crippen LogP) is 2.06. The fourth-order valence-electron chi connectivity index (χ4n) is 2.64. The average molecular weight is 336 g/mol. The van der Waals surface area contributed by atoms with Crippen LogP contribution < -0.4 is 5.32 Å². The lowest BCUT2D eigenvalue weighted by molar-refractivity contribution is -0.132. The second kappa shape index (κ2) is 5.72. The Labute approximate surface area is 135 Å². The Kier molecular flexibility index (Phi) is 3.84. The number of aliphatic hydroxyl groups excluding tert-OH is 1. The predicted molar refractivity (Wildman–Crippen MR) is 77.6 cm³/mol. The van der Waals surface area contributed by atoms with Gasteiger partial charge < -0.3 is 14.8 Å². The number of benzene rings is 1. The highest BCUT2D eigenvalue weighted by atomic mass is 19.1. The number of hydrogen-bond donors (Lipinski definition) is 2. The molecule has 3 rings (SSSR count). The molecule has 2 atom stereocenters. The van der Waals surface area contributed by atoms with Gasteiger partial charge in [-0.25, -0.2) is 13.6 Å². The standard InChI is InChI=1S/C16H14F2N2O4/c1-16(13-3-2-6-24-13)14(22)20(15(23)19-16)8-12(21)10-5-4-9(17)7-11(10)18/h2-7,12,21H,8H2,1H3,(H,19,23)/t12-,16+/m0/s1. The second-order valence-electron chi connectivity index (χ2n) is 5.63. The number of hydrogen-bond acceptors (Lipinski definition) is 4. The van der Waals surface area contributed by atoms with Crippen LogP contribution in [-0.4, -0.2) is 28.5 Å². The molecule has 3 amide bonds. The van der Waals surface area contributed by atoms with Crippen molar-refractivity contribution in [3.63, 3.8) is 0 Å². The SMILES string of the molecule is C[C@]1(c2ccco2)NC(=O)N(C[C@H](O)c2ccc(F)cc2F)C1=O. The number of urea groups is 1. The first-order chi connectivity index (χ1) is 11.3. The average Bonchev–Trinajstić information content (AvgIpc) is 3.12. The van der Waals surface area contributed by atoms with Gasteiger partial charge in [0.2, 0.25) is 0 Å². The van der Waals surface area contributed by atoms with Gasteiger partial charge in [0.1, 0.15) is 17.4 Å². The summed E-state index contributed by atoms with van der Waals surface area (Å²) in [6.07, 6.45) is -0.120. The maximum atomic E-state index is 13.7. The van der Waals surface area contributed by atoms with Crippen molar-refractivity contribution in [2.45, 2.75) is 18.6 Å². The minimum atomic E-state index is -1.49. The third kappa shape index (κ3) is 2.54. The van der Waals surface area contributed by atoms with Crippen LogP contribution in [0.15, 0.2) is 41.0 Å². The molecule has 2 aromatic rings. The maximum absolute atomic E-state index is 13.7. The molecule has 24 heavy (non-hydrogen) atoms.